The summed E-state index contributed by atoms with van der Waals surface area (Å²) >= 11 is 0. The molecule has 0 amide bonds. The number of rotatable bonds is 0. The highest BCUT2D eigenvalue weighted by molar-refractivity contribution is 5.23. The Hall–Kier alpha value is -1.44. The summed E-state index contributed by atoms with van der Waals surface area (Å²) < 4.78 is 10.3. The molecule has 0 fully saturated rings. The van der Waals surface area contributed by atoms with Crippen molar-refractivity contribution in [3.63, 3.8) is 0 Å². The van der Waals surface area contributed by atoms with E-state index in [0.29, 0.717) is 0 Å². The highest BCUT2D eigenvalue weighted by Gasteiger charge is 1.97. The number of hydrogen-bond donors (Lipinski definition) is 0. The molecular weight excluding hydrogens is 200 g/mol. The van der Waals surface area contributed by atoms with Crippen molar-refractivity contribution >= 4 is 0 Å². The zero-order valence-electron chi connectivity index (χ0n) is 11.0. The Bertz CT molecular complexity index is 422. The average molecular weight is 220 g/mol. The molecule has 0 aliphatic heterocycles. The topological polar surface area (TPSA) is 26.3 Å². The van der Waals surface area contributed by atoms with Gasteiger partial charge < -0.3 is 8.83 Å². The number of aryl methyl sites for hydroxylation is 5. The fourth-order valence-corrected chi connectivity index (χ4v) is 1.39. The zero-order chi connectivity index (χ0) is 12.3. The molecule has 0 saturated carbocycles. The van der Waals surface area contributed by atoms with Crippen LogP contribution >= 0.6 is 0 Å². The molecule has 0 spiro atoms. The Balaban J connectivity index is 0.000000160. The maximum Gasteiger partial charge on any atom is 0.103 e. The van der Waals surface area contributed by atoms with Crippen molar-refractivity contribution in [2.75, 3.05) is 0 Å². The van der Waals surface area contributed by atoms with Gasteiger partial charge in [-0.3, -0.25) is 0 Å². The van der Waals surface area contributed by atoms with Gasteiger partial charge in [0.05, 0.1) is 6.26 Å². The molecule has 0 aliphatic carbocycles. The van der Waals surface area contributed by atoms with Crippen LogP contribution in [-0.2, 0) is 0 Å². The first kappa shape index (κ1) is 12.6. The van der Waals surface area contributed by atoms with Gasteiger partial charge in [0, 0.05) is 0 Å². The molecule has 2 aromatic rings. The van der Waals surface area contributed by atoms with E-state index in [4.69, 9.17) is 8.83 Å². The van der Waals surface area contributed by atoms with E-state index in [1.807, 2.05) is 40.7 Å². The lowest BCUT2D eigenvalue weighted by Crippen LogP contribution is -1.71. The van der Waals surface area contributed by atoms with Gasteiger partial charge in [-0.1, -0.05) is 0 Å². The van der Waals surface area contributed by atoms with Crippen LogP contribution in [0.2, 0.25) is 0 Å². The quantitative estimate of drug-likeness (QED) is 0.657. The molecule has 0 saturated heterocycles. The molecule has 0 aromatic carbocycles. The van der Waals surface area contributed by atoms with Gasteiger partial charge >= 0.3 is 0 Å². The van der Waals surface area contributed by atoms with Gasteiger partial charge in [0.15, 0.2) is 0 Å². The minimum Gasteiger partial charge on any atom is -0.469 e. The molecule has 2 rings (SSSR count). The third-order valence-electron chi connectivity index (χ3n) is 2.82. The fraction of sp³-hybridized carbons (Fsp3) is 0.429. The van der Waals surface area contributed by atoms with Crippen molar-refractivity contribution in [2.24, 2.45) is 0 Å². The van der Waals surface area contributed by atoms with Crippen LogP contribution in [0.1, 0.15) is 34.0 Å². The molecular formula is C14H20O2. The lowest BCUT2D eigenvalue weighted by Gasteiger charge is -1.83. The Labute approximate surface area is 97.3 Å². The number of hydrogen-bond acceptors (Lipinski definition) is 2. The summed E-state index contributed by atoms with van der Waals surface area (Å²) in [6, 6.07) is 2.04. The summed E-state index contributed by atoms with van der Waals surface area (Å²) in [6.45, 7) is 12.1. The molecule has 0 bridgehead atoms. The molecule has 2 heterocycles. The van der Waals surface area contributed by atoms with E-state index in [1.165, 1.54) is 16.7 Å². The first-order chi connectivity index (χ1) is 7.41. The summed E-state index contributed by atoms with van der Waals surface area (Å²) in [6.07, 6.45) is 1.78. The van der Waals surface area contributed by atoms with Crippen LogP contribution in [0.4, 0.5) is 0 Å². The molecule has 0 atom stereocenters. The lowest BCUT2D eigenvalue weighted by atomic mass is 10.2. The van der Waals surface area contributed by atoms with Gasteiger partial charge in [0.2, 0.25) is 0 Å². The SMILES string of the molecule is Cc1cc(C)c(C)o1.Cc1coc(C)c1C. The van der Waals surface area contributed by atoms with E-state index < -0.39 is 0 Å². The summed E-state index contributed by atoms with van der Waals surface area (Å²) in [5.41, 5.74) is 3.75. The largest absolute Gasteiger partial charge is 0.469 e. The third kappa shape index (κ3) is 3.02. The van der Waals surface area contributed by atoms with Crippen LogP contribution in [0.3, 0.4) is 0 Å². The van der Waals surface area contributed by atoms with Gasteiger partial charge in [0.25, 0.3) is 0 Å². The van der Waals surface area contributed by atoms with E-state index >= 15 is 0 Å². The number of furan rings is 2. The monoisotopic (exact) mass is 220 g/mol. The maximum absolute atomic E-state index is 5.21. The van der Waals surface area contributed by atoms with Gasteiger partial charge in [-0.2, -0.15) is 0 Å². The van der Waals surface area contributed by atoms with Crippen LogP contribution in [0.15, 0.2) is 21.2 Å². The first-order valence-electron chi connectivity index (χ1n) is 5.46. The lowest BCUT2D eigenvalue weighted by molar-refractivity contribution is 0.502. The van der Waals surface area contributed by atoms with Crippen LogP contribution in [0.25, 0.3) is 0 Å². The van der Waals surface area contributed by atoms with Gasteiger partial charge in [-0.05, 0) is 64.3 Å². The molecule has 2 heteroatoms. The predicted octanol–water partition coefficient (Wildman–Crippen LogP) is 4.41. The van der Waals surface area contributed by atoms with Crippen molar-refractivity contribution in [1.82, 2.24) is 0 Å². The smallest absolute Gasteiger partial charge is 0.103 e. The molecule has 2 nitrogen and oxygen atoms in total. The molecule has 0 radical (unpaired) electrons. The van der Waals surface area contributed by atoms with Crippen molar-refractivity contribution < 1.29 is 8.83 Å². The summed E-state index contributed by atoms with van der Waals surface area (Å²) in [7, 11) is 0. The van der Waals surface area contributed by atoms with Crippen molar-refractivity contribution in [3.05, 3.63) is 46.3 Å². The summed E-state index contributed by atoms with van der Waals surface area (Å²) in [5.74, 6) is 3.06. The van der Waals surface area contributed by atoms with E-state index in [1.54, 1.807) is 6.26 Å². The Morgan fingerprint density at radius 3 is 1.56 bits per heavy atom. The molecule has 2 aromatic heterocycles. The average Bonchev–Trinajstić information content (AvgIpc) is 2.65. The highest BCUT2D eigenvalue weighted by Crippen LogP contribution is 2.12. The fourth-order valence-electron chi connectivity index (χ4n) is 1.39. The Kier molecular flexibility index (Phi) is 3.99. The van der Waals surface area contributed by atoms with Gasteiger partial charge in [0.1, 0.15) is 17.3 Å². The second-order valence-electron chi connectivity index (χ2n) is 4.20. The zero-order valence-corrected chi connectivity index (χ0v) is 11.0. The summed E-state index contributed by atoms with van der Waals surface area (Å²) in [5, 5.41) is 0. The standard InChI is InChI=1S/2C7H10O/c1-5-4-8-7(3)6(5)2;1-5-4-6(2)8-7(5)3/h2*4H,1-3H3. The minimum absolute atomic E-state index is 1.00. The minimum atomic E-state index is 1.00. The molecule has 0 aliphatic rings. The van der Waals surface area contributed by atoms with Crippen LogP contribution < -0.4 is 0 Å². The second-order valence-corrected chi connectivity index (χ2v) is 4.20. The Morgan fingerprint density at radius 2 is 1.44 bits per heavy atom. The second kappa shape index (κ2) is 5.06. The molecule has 0 N–H and O–H groups in total. The first-order valence-corrected chi connectivity index (χ1v) is 5.46. The van der Waals surface area contributed by atoms with Crippen LogP contribution in [-0.4, -0.2) is 0 Å². The van der Waals surface area contributed by atoms with E-state index in [0.717, 1.165) is 17.3 Å². The predicted molar refractivity (Wildman–Crippen MR) is 65.8 cm³/mol. The van der Waals surface area contributed by atoms with Gasteiger partial charge in [-0.15, -0.1) is 0 Å². The van der Waals surface area contributed by atoms with E-state index in [2.05, 4.69) is 6.92 Å². The molecule has 0 unspecified atom stereocenters. The van der Waals surface area contributed by atoms with Crippen molar-refractivity contribution in [3.8, 4) is 0 Å². The summed E-state index contributed by atoms with van der Waals surface area (Å²) in [4.78, 5) is 0. The molecule has 16 heavy (non-hydrogen) atoms. The van der Waals surface area contributed by atoms with Crippen LogP contribution in [0, 0.1) is 41.5 Å². The molecule has 88 valence electrons. The van der Waals surface area contributed by atoms with Crippen molar-refractivity contribution in [2.45, 2.75) is 41.5 Å². The normalized spacial score (nSPS) is 9.88. The van der Waals surface area contributed by atoms with Gasteiger partial charge in [-0.25, -0.2) is 0 Å². The van der Waals surface area contributed by atoms with E-state index in [-0.39, 0.29) is 0 Å². The van der Waals surface area contributed by atoms with Crippen LogP contribution in [0.5, 0.6) is 0 Å². The third-order valence-corrected chi connectivity index (χ3v) is 2.82. The Morgan fingerprint density at radius 1 is 0.812 bits per heavy atom. The van der Waals surface area contributed by atoms with E-state index in [9.17, 15) is 0 Å². The van der Waals surface area contributed by atoms with Crippen molar-refractivity contribution in [1.29, 1.82) is 0 Å². The maximum atomic E-state index is 5.21. The highest BCUT2D eigenvalue weighted by atomic mass is 16.3.